The Bertz CT molecular complexity index is 1280. The van der Waals surface area contributed by atoms with Gasteiger partial charge in [-0.05, 0) is 60.0 Å². The molecule has 3 aromatic rings. The number of carbonyl (C=O) groups is 1. The molecule has 0 saturated carbocycles. The molecule has 9 heteroatoms. The summed E-state index contributed by atoms with van der Waals surface area (Å²) in [6.07, 6.45) is 0. The molecule has 0 aliphatic rings. The van der Waals surface area contributed by atoms with Crippen molar-refractivity contribution in [1.29, 1.82) is 0 Å². The molecule has 0 unspecified atom stereocenters. The van der Waals surface area contributed by atoms with Crippen LogP contribution in [0.1, 0.15) is 29.8 Å². The lowest BCUT2D eigenvalue weighted by Gasteiger charge is -2.25. The number of amides is 1. The molecule has 0 bridgehead atoms. The summed E-state index contributed by atoms with van der Waals surface area (Å²) in [6, 6.07) is 17.7. The van der Waals surface area contributed by atoms with E-state index in [1.807, 2.05) is 13.8 Å². The van der Waals surface area contributed by atoms with Crippen molar-refractivity contribution in [2.75, 3.05) is 20.8 Å². The number of ether oxygens (including phenoxy) is 2. The van der Waals surface area contributed by atoms with Gasteiger partial charge in [-0.2, -0.15) is 8.42 Å². The zero-order chi connectivity index (χ0) is 25.6. The van der Waals surface area contributed by atoms with E-state index in [9.17, 15) is 13.2 Å². The van der Waals surface area contributed by atoms with Crippen molar-refractivity contribution in [1.82, 2.24) is 4.90 Å². The Morgan fingerprint density at radius 3 is 2.23 bits per heavy atom. The molecule has 0 atom stereocenters. The first-order valence-corrected chi connectivity index (χ1v) is 12.7. The molecule has 0 N–H and O–H groups in total. The number of rotatable bonds is 10. The number of carbonyl (C=O) groups excluding carboxylic acids is 1. The van der Waals surface area contributed by atoms with Gasteiger partial charge in [0.2, 0.25) is 0 Å². The lowest BCUT2D eigenvalue weighted by Crippen LogP contribution is -2.34. The summed E-state index contributed by atoms with van der Waals surface area (Å²) in [5.41, 5.74) is 1.08. The molecule has 0 radical (unpaired) electrons. The molecule has 0 saturated heterocycles. The molecule has 0 spiro atoms. The van der Waals surface area contributed by atoms with E-state index in [2.05, 4.69) is 0 Å². The lowest BCUT2D eigenvalue weighted by atomic mass is 10.1. The van der Waals surface area contributed by atoms with E-state index in [1.165, 1.54) is 38.5 Å². The van der Waals surface area contributed by atoms with Crippen LogP contribution in [0.4, 0.5) is 0 Å². The molecule has 3 aromatic carbocycles. The fraction of sp³-hybridized carbons (Fsp3) is 0.269. The highest BCUT2D eigenvalue weighted by atomic mass is 35.5. The van der Waals surface area contributed by atoms with Crippen LogP contribution in [0.3, 0.4) is 0 Å². The van der Waals surface area contributed by atoms with Gasteiger partial charge in [-0.3, -0.25) is 4.79 Å². The van der Waals surface area contributed by atoms with Crippen molar-refractivity contribution in [3.05, 3.63) is 82.9 Å². The van der Waals surface area contributed by atoms with Crippen molar-refractivity contribution in [2.45, 2.75) is 25.3 Å². The maximum atomic E-state index is 13.3. The monoisotopic (exact) mass is 517 g/mol. The molecule has 7 nitrogen and oxygen atoms in total. The topological polar surface area (TPSA) is 82.1 Å². The second kappa shape index (κ2) is 11.5. The second-order valence-electron chi connectivity index (χ2n) is 8.26. The van der Waals surface area contributed by atoms with Gasteiger partial charge in [-0.15, -0.1) is 0 Å². The zero-order valence-electron chi connectivity index (χ0n) is 20.0. The minimum Gasteiger partial charge on any atom is -0.497 e. The number of methoxy groups -OCH3 is 2. The molecule has 35 heavy (non-hydrogen) atoms. The van der Waals surface area contributed by atoms with Crippen LogP contribution in [0.15, 0.2) is 71.6 Å². The lowest BCUT2D eigenvalue weighted by molar-refractivity contribution is 0.0722. The Morgan fingerprint density at radius 1 is 0.943 bits per heavy atom. The molecule has 0 aromatic heterocycles. The molecular weight excluding hydrogens is 490 g/mol. The second-order valence-corrected chi connectivity index (χ2v) is 10.2. The highest BCUT2D eigenvalue weighted by molar-refractivity contribution is 7.87. The molecule has 0 aliphatic heterocycles. The largest absolute Gasteiger partial charge is 0.497 e. The standard InChI is InChI=1S/C26H28ClNO6S/c1-18(2)16-28(26(29)22-7-5-6-8-23(22)27)17-19-9-14-24(33-4)25(15-19)34-35(30,31)21-12-10-20(32-3)11-13-21/h5-15,18H,16-17H2,1-4H3. The quantitative estimate of drug-likeness (QED) is 0.334. The third-order valence-corrected chi connectivity index (χ3v) is 6.70. The Kier molecular flexibility index (Phi) is 8.64. The third kappa shape index (κ3) is 6.68. The van der Waals surface area contributed by atoms with Gasteiger partial charge < -0.3 is 18.6 Å². The van der Waals surface area contributed by atoms with Crippen molar-refractivity contribution < 1.29 is 26.9 Å². The van der Waals surface area contributed by atoms with Gasteiger partial charge in [0.05, 0.1) is 24.8 Å². The predicted octanol–water partition coefficient (Wildman–Crippen LogP) is 5.42. The summed E-state index contributed by atoms with van der Waals surface area (Å²) >= 11 is 6.26. The Hall–Kier alpha value is -3.23. The Morgan fingerprint density at radius 2 is 1.63 bits per heavy atom. The van der Waals surface area contributed by atoms with Gasteiger partial charge in [0.15, 0.2) is 11.5 Å². The van der Waals surface area contributed by atoms with Crippen LogP contribution >= 0.6 is 11.6 Å². The number of halogens is 1. The van der Waals surface area contributed by atoms with Gasteiger partial charge in [0, 0.05) is 13.1 Å². The van der Waals surface area contributed by atoms with Crippen LogP contribution in [-0.2, 0) is 16.7 Å². The summed E-state index contributed by atoms with van der Waals surface area (Å²) in [5, 5.41) is 0.371. The summed E-state index contributed by atoms with van der Waals surface area (Å²) < 4.78 is 41.6. The van der Waals surface area contributed by atoms with Gasteiger partial charge >= 0.3 is 10.1 Å². The Labute approximate surface area is 211 Å². The maximum absolute atomic E-state index is 13.3. The van der Waals surface area contributed by atoms with E-state index in [1.54, 1.807) is 47.4 Å². The first-order chi connectivity index (χ1) is 16.6. The number of hydrogen-bond donors (Lipinski definition) is 0. The van der Waals surface area contributed by atoms with Crippen LogP contribution in [0.25, 0.3) is 0 Å². The van der Waals surface area contributed by atoms with Crippen LogP contribution < -0.4 is 13.7 Å². The van der Waals surface area contributed by atoms with E-state index in [-0.39, 0.29) is 34.8 Å². The number of benzene rings is 3. The fourth-order valence-corrected chi connectivity index (χ4v) is 4.63. The third-order valence-electron chi connectivity index (χ3n) is 5.13. The van der Waals surface area contributed by atoms with E-state index in [0.29, 0.717) is 28.4 Å². The average Bonchev–Trinajstić information content (AvgIpc) is 2.83. The van der Waals surface area contributed by atoms with Gasteiger partial charge in [-0.25, -0.2) is 0 Å². The molecule has 0 fully saturated rings. The normalized spacial score (nSPS) is 11.3. The highest BCUT2D eigenvalue weighted by Crippen LogP contribution is 2.32. The molecule has 186 valence electrons. The van der Waals surface area contributed by atoms with Crippen LogP contribution in [0.5, 0.6) is 17.2 Å². The van der Waals surface area contributed by atoms with Crippen LogP contribution in [0, 0.1) is 5.92 Å². The smallest absolute Gasteiger partial charge is 0.339 e. The number of hydrogen-bond acceptors (Lipinski definition) is 6. The average molecular weight is 518 g/mol. The van der Waals surface area contributed by atoms with Crippen LogP contribution in [0.2, 0.25) is 5.02 Å². The minimum atomic E-state index is -4.13. The van der Waals surface area contributed by atoms with E-state index in [4.69, 9.17) is 25.3 Å². The van der Waals surface area contributed by atoms with E-state index < -0.39 is 10.1 Å². The van der Waals surface area contributed by atoms with Crippen molar-refractivity contribution in [2.24, 2.45) is 5.92 Å². The van der Waals surface area contributed by atoms with Gasteiger partial charge in [0.1, 0.15) is 10.6 Å². The van der Waals surface area contributed by atoms with Crippen molar-refractivity contribution >= 4 is 27.6 Å². The molecule has 1 amide bonds. The first kappa shape index (κ1) is 26.4. The molecular formula is C26H28ClNO6S. The minimum absolute atomic E-state index is 0.0236. The molecule has 0 aliphatic carbocycles. The highest BCUT2D eigenvalue weighted by Gasteiger charge is 2.22. The molecule has 3 rings (SSSR count). The zero-order valence-corrected chi connectivity index (χ0v) is 21.6. The van der Waals surface area contributed by atoms with E-state index >= 15 is 0 Å². The molecule has 0 heterocycles. The fourth-order valence-electron chi connectivity index (χ4n) is 3.48. The SMILES string of the molecule is COc1ccc(S(=O)(=O)Oc2cc(CN(CC(C)C)C(=O)c3ccccc3Cl)ccc2OC)cc1. The van der Waals surface area contributed by atoms with Crippen molar-refractivity contribution in [3.8, 4) is 17.2 Å². The first-order valence-electron chi connectivity index (χ1n) is 10.9. The Balaban J connectivity index is 1.90. The maximum Gasteiger partial charge on any atom is 0.339 e. The summed E-state index contributed by atoms with van der Waals surface area (Å²) in [7, 11) is -1.21. The summed E-state index contributed by atoms with van der Waals surface area (Å²) in [6.45, 7) is 4.73. The summed E-state index contributed by atoms with van der Waals surface area (Å²) in [4.78, 5) is 14.9. The number of nitrogens with zero attached hydrogens (tertiary/aromatic N) is 1. The van der Waals surface area contributed by atoms with Crippen LogP contribution in [-0.4, -0.2) is 40.0 Å². The van der Waals surface area contributed by atoms with Crippen molar-refractivity contribution in [3.63, 3.8) is 0 Å². The summed E-state index contributed by atoms with van der Waals surface area (Å²) in [5.74, 6) is 0.783. The van der Waals surface area contributed by atoms with E-state index in [0.717, 1.165) is 0 Å². The predicted molar refractivity (Wildman–Crippen MR) is 135 cm³/mol. The van der Waals surface area contributed by atoms with Gasteiger partial charge in [0.25, 0.3) is 5.91 Å². The van der Waals surface area contributed by atoms with Gasteiger partial charge in [-0.1, -0.05) is 43.6 Å².